The van der Waals surface area contributed by atoms with Gasteiger partial charge in [-0.25, -0.2) is 9.59 Å². The van der Waals surface area contributed by atoms with Gasteiger partial charge in [-0.3, -0.25) is 5.32 Å². The highest BCUT2D eigenvalue weighted by atomic mass is 16.7. The Kier molecular flexibility index (Phi) is 5.92. The number of benzene rings is 2. The minimum absolute atomic E-state index is 0.0561. The van der Waals surface area contributed by atoms with Crippen molar-refractivity contribution < 1.29 is 28.7 Å². The molecule has 1 amide bonds. The maximum atomic E-state index is 12.3. The summed E-state index contributed by atoms with van der Waals surface area (Å²) in [5.41, 5.74) is 1.01. The second-order valence-corrected chi connectivity index (χ2v) is 8.32. The molecule has 0 spiro atoms. The van der Waals surface area contributed by atoms with Crippen LogP contribution in [-0.4, -0.2) is 35.5 Å². The van der Waals surface area contributed by atoms with Crippen LogP contribution in [0.2, 0.25) is 0 Å². The standard InChI is InChI=1S/C22H26BNO6/c1-14-17(19(25)26)11-16(23-29-21(2,3)22(4,5)30-23)12-18(14)24-20(27)28-13-15-9-7-6-8-10-15/h6-12H,13H2,1-5H3,(H,24,27)(H,25,26). The molecule has 0 atom stereocenters. The van der Waals surface area contributed by atoms with Gasteiger partial charge in [0.05, 0.1) is 16.8 Å². The van der Waals surface area contributed by atoms with E-state index in [1.165, 1.54) is 6.07 Å². The normalized spacial score (nSPS) is 16.9. The van der Waals surface area contributed by atoms with Crippen LogP contribution >= 0.6 is 0 Å². The first-order valence-corrected chi connectivity index (χ1v) is 9.71. The maximum Gasteiger partial charge on any atom is 0.494 e. The molecule has 1 fully saturated rings. The highest BCUT2D eigenvalue weighted by Gasteiger charge is 2.52. The van der Waals surface area contributed by atoms with Crippen molar-refractivity contribution in [3.05, 3.63) is 59.2 Å². The van der Waals surface area contributed by atoms with Crippen LogP contribution in [0.4, 0.5) is 10.5 Å². The smallest absolute Gasteiger partial charge is 0.478 e. The monoisotopic (exact) mass is 411 g/mol. The highest BCUT2D eigenvalue weighted by Crippen LogP contribution is 2.37. The van der Waals surface area contributed by atoms with Crippen LogP contribution in [0.3, 0.4) is 0 Å². The van der Waals surface area contributed by atoms with Crippen LogP contribution in [-0.2, 0) is 20.7 Å². The van der Waals surface area contributed by atoms with E-state index in [4.69, 9.17) is 14.0 Å². The zero-order valence-corrected chi connectivity index (χ0v) is 17.8. The Balaban J connectivity index is 1.83. The molecule has 1 saturated heterocycles. The molecule has 7 nitrogen and oxygen atoms in total. The fourth-order valence-corrected chi connectivity index (χ4v) is 3.07. The van der Waals surface area contributed by atoms with E-state index in [9.17, 15) is 14.7 Å². The zero-order chi connectivity index (χ0) is 22.1. The number of amides is 1. The molecule has 0 aliphatic carbocycles. The summed E-state index contributed by atoms with van der Waals surface area (Å²) in [4.78, 5) is 24.1. The SMILES string of the molecule is Cc1c(NC(=O)OCc2ccccc2)cc(B2OC(C)(C)C(C)(C)O2)cc1C(=O)O. The molecule has 0 radical (unpaired) electrons. The molecule has 158 valence electrons. The van der Waals surface area contributed by atoms with Crippen molar-refractivity contribution in [3.63, 3.8) is 0 Å². The van der Waals surface area contributed by atoms with Gasteiger partial charge in [-0.15, -0.1) is 0 Å². The summed E-state index contributed by atoms with van der Waals surface area (Å²) in [5, 5.41) is 12.3. The second kappa shape index (κ2) is 8.12. The molecule has 8 heteroatoms. The van der Waals surface area contributed by atoms with E-state index < -0.39 is 30.4 Å². The first kappa shape index (κ1) is 21.9. The quantitative estimate of drug-likeness (QED) is 0.728. The van der Waals surface area contributed by atoms with E-state index >= 15 is 0 Å². The summed E-state index contributed by atoms with van der Waals surface area (Å²) in [6, 6.07) is 12.5. The van der Waals surface area contributed by atoms with Gasteiger partial charge in [-0.05, 0) is 63.3 Å². The molecule has 2 N–H and O–H groups in total. The van der Waals surface area contributed by atoms with E-state index in [0.29, 0.717) is 16.7 Å². The summed E-state index contributed by atoms with van der Waals surface area (Å²) in [6.07, 6.45) is -0.677. The molecule has 1 aliphatic rings. The number of ether oxygens (including phenoxy) is 1. The Morgan fingerprint density at radius 3 is 2.23 bits per heavy atom. The molecule has 2 aromatic rings. The predicted octanol–water partition coefficient (Wildman–Crippen LogP) is 3.74. The summed E-state index contributed by atoms with van der Waals surface area (Å²) in [5.74, 6) is -1.11. The van der Waals surface area contributed by atoms with Gasteiger partial charge >= 0.3 is 19.2 Å². The third-order valence-electron chi connectivity index (χ3n) is 5.64. The lowest BCUT2D eigenvalue weighted by atomic mass is 9.77. The fraction of sp³-hybridized carbons (Fsp3) is 0.364. The van der Waals surface area contributed by atoms with Crippen molar-refractivity contribution in [2.24, 2.45) is 0 Å². The molecule has 0 saturated carbocycles. The molecule has 2 aromatic carbocycles. The Labute approximate surface area is 176 Å². The number of carboxylic acid groups (broad SMARTS) is 1. The number of carbonyl (C=O) groups excluding carboxylic acids is 1. The first-order valence-electron chi connectivity index (χ1n) is 9.71. The summed E-state index contributed by atoms with van der Waals surface area (Å²) < 4.78 is 17.3. The highest BCUT2D eigenvalue weighted by molar-refractivity contribution is 6.62. The molecule has 0 aromatic heterocycles. The van der Waals surface area contributed by atoms with E-state index in [1.807, 2.05) is 58.0 Å². The van der Waals surface area contributed by atoms with E-state index in [2.05, 4.69) is 5.32 Å². The van der Waals surface area contributed by atoms with Crippen molar-refractivity contribution in [3.8, 4) is 0 Å². The summed E-state index contributed by atoms with van der Waals surface area (Å²) in [6.45, 7) is 9.40. The largest absolute Gasteiger partial charge is 0.494 e. The number of carboxylic acids is 1. The average molecular weight is 411 g/mol. The van der Waals surface area contributed by atoms with Gasteiger partial charge in [-0.2, -0.15) is 0 Å². The Hall–Kier alpha value is -2.84. The van der Waals surface area contributed by atoms with Crippen molar-refractivity contribution in [1.29, 1.82) is 0 Å². The summed E-state index contributed by atoms with van der Waals surface area (Å²) in [7, 11) is -0.755. The van der Waals surface area contributed by atoms with Gasteiger partial charge in [0.25, 0.3) is 0 Å². The maximum absolute atomic E-state index is 12.3. The van der Waals surface area contributed by atoms with Crippen molar-refractivity contribution >= 4 is 30.3 Å². The zero-order valence-electron chi connectivity index (χ0n) is 17.8. The average Bonchev–Trinajstić information content (AvgIpc) is 2.89. The fourth-order valence-electron chi connectivity index (χ4n) is 3.07. The number of aromatic carboxylic acids is 1. The predicted molar refractivity (Wildman–Crippen MR) is 114 cm³/mol. The van der Waals surface area contributed by atoms with Gasteiger partial charge < -0.3 is 19.2 Å². The third-order valence-corrected chi connectivity index (χ3v) is 5.64. The molecule has 0 unspecified atom stereocenters. The van der Waals surface area contributed by atoms with Crippen LogP contribution in [0.15, 0.2) is 42.5 Å². The van der Waals surface area contributed by atoms with Crippen LogP contribution in [0, 0.1) is 6.92 Å². The Bertz CT molecular complexity index is 942. The molecule has 0 bridgehead atoms. The number of carbonyl (C=O) groups is 2. The molecular weight excluding hydrogens is 385 g/mol. The van der Waals surface area contributed by atoms with Crippen molar-refractivity contribution in [2.75, 3.05) is 5.32 Å². The lowest BCUT2D eigenvalue weighted by Crippen LogP contribution is -2.41. The lowest BCUT2D eigenvalue weighted by molar-refractivity contribution is 0.00578. The van der Waals surface area contributed by atoms with E-state index in [1.54, 1.807) is 13.0 Å². The van der Waals surface area contributed by atoms with Gasteiger partial charge in [-0.1, -0.05) is 30.3 Å². The van der Waals surface area contributed by atoms with Gasteiger partial charge in [0, 0.05) is 5.69 Å². The van der Waals surface area contributed by atoms with Gasteiger partial charge in [0.2, 0.25) is 0 Å². The van der Waals surface area contributed by atoms with Crippen molar-refractivity contribution in [2.45, 2.75) is 52.4 Å². The third kappa shape index (κ3) is 4.50. The van der Waals surface area contributed by atoms with Gasteiger partial charge in [0.15, 0.2) is 0 Å². The van der Waals surface area contributed by atoms with Crippen LogP contribution in [0.1, 0.15) is 49.2 Å². The Morgan fingerprint density at radius 1 is 1.07 bits per heavy atom. The number of hydrogen-bond donors (Lipinski definition) is 2. The number of nitrogens with one attached hydrogen (secondary N) is 1. The molecular formula is C22H26BNO6. The minimum Gasteiger partial charge on any atom is -0.478 e. The molecule has 1 heterocycles. The Morgan fingerprint density at radius 2 is 1.67 bits per heavy atom. The van der Waals surface area contributed by atoms with Crippen LogP contribution in [0.25, 0.3) is 0 Å². The summed E-state index contributed by atoms with van der Waals surface area (Å²) >= 11 is 0. The first-order chi connectivity index (χ1) is 14.0. The number of rotatable bonds is 5. The van der Waals surface area contributed by atoms with Crippen molar-refractivity contribution in [1.82, 2.24) is 0 Å². The van der Waals surface area contributed by atoms with Crippen LogP contribution in [0.5, 0.6) is 0 Å². The minimum atomic E-state index is -1.11. The number of hydrogen-bond acceptors (Lipinski definition) is 5. The topological polar surface area (TPSA) is 94.1 Å². The number of anilines is 1. The lowest BCUT2D eigenvalue weighted by Gasteiger charge is -2.32. The van der Waals surface area contributed by atoms with Gasteiger partial charge in [0.1, 0.15) is 6.61 Å². The molecule has 1 aliphatic heterocycles. The van der Waals surface area contributed by atoms with E-state index in [-0.39, 0.29) is 12.2 Å². The van der Waals surface area contributed by atoms with Crippen LogP contribution < -0.4 is 10.8 Å². The molecule has 3 rings (SSSR count). The van der Waals surface area contributed by atoms with E-state index in [0.717, 1.165) is 5.56 Å². The molecule has 30 heavy (non-hydrogen) atoms. The second-order valence-electron chi connectivity index (χ2n) is 8.32.